The number of alkyl halides is 1. The first-order valence-electron chi connectivity index (χ1n) is 14.8. The molecule has 1 fully saturated rings. The normalized spacial score (nSPS) is 20.1. The van der Waals surface area contributed by atoms with Gasteiger partial charge in [-0.25, -0.2) is 13.1 Å². The van der Waals surface area contributed by atoms with E-state index in [4.69, 9.17) is 16.3 Å². The zero-order valence-electron chi connectivity index (χ0n) is 23.3. The average Bonchev–Trinajstić information content (AvgIpc) is 3.24. The highest BCUT2D eigenvalue weighted by atomic mass is 35.5. The van der Waals surface area contributed by atoms with Crippen molar-refractivity contribution in [2.24, 2.45) is 5.92 Å². The lowest BCUT2D eigenvalue weighted by Crippen LogP contribution is -2.57. The van der Waals surface area contributed by atoms with E-state index in [9.17, 15) is 13.2 Å². The monoisotopic (exact) mass is 550 g/mol. The van der Waals surface area contributed by atoms with Crippen LogP contribution in [0.5, 0.6) is 0 Å². The van der Waals surface area contributed by atoms with Crippen LogP contribution in [0, 0.1) is 5.92 Å². The molecule has 214 valence electrons. The third-order valence-corrected chi connectivity index (χ3v) is 9.19. The molecule has 36 heavy (non-hydrogen) atoms. The van der Waals surface area contributed by atoms with Gasteiger partial charge in [0.2, 0.25) is 10.0 Å². The minimum Gasteiger partial charge on any atom is -0.363 e. The fraction of sp³-hybridized carbons (Fsp3) is 0.964. The molecule has 1 heterocycles. The van der Waals surface area contributed by atoms with Gasteiger partial charge in [-0.15, -0.1) is 11.6 Å². The maximum Gasteiger partial charge on any atom is 0.253 e. The van der Waals surface area contributed by atoms with E-state index < -0.39 is 15.6 Å². The summed E-state index contributed by atoms with van der Waals surface area (Å²) in [7, 11) is -3.47. The fourth-order valence-corrected chi connectivity index (χ4v) is 6.34. The first-order valence-corrected chi connectivity index (χ1v) is 17.0. The standard InChI is InChI=1S/C28H55ClN2O4S/c1-3-4-5-6-7-8-9-10-11-12-13-14-15-16-17-18-22-30-27(32)28(26(2)20-23-35-28)25-31-36(33,34)24-19-21-29/h26,31H,3-25H2,1-2H3,(H,30,32). The first-order chi connectivity index (χ1) is 17.4. The van der Waals surface area contributed by atoms with Gasteiger partial charge in [-0.3, -0.25) is 4.79 Å². The van der Waals surface area contributed by atoms with Crippen molar-refractivity contribution in [2.45, 2.75) is 135 Å². The van der Waals surface area contributed by atoms with Crippen molar-refractivity contribution in [3.8, 4) is 0 Å². The van der Waals surface area contributed by atoms with E-state index in [2.05, 4.69) is 17.0 Å². The van der Waals surface area contributed by atoms with E-state index in [1.165, 1.54) is 89.9 Å². The number of hydrogen-bond acceptors (Lipinski definition) is 4. The van der Waals surface area contributed by atoms with Crippen LogP contribution in [0.2, 0.25) is 0 Å². The lowest BCUT2D eigenvalue weighted by Gasteiger charge is -2.31. The summed E-state index contributed by atoms with van der Waals surface area (Å²) in [5, 5.41) is 3.00. The molecule has 1 aliphatic heterocycles. The summed E-state index contributed by atoms with van der Waals surface area (Å²) in [5.41, 5.74) is -1.12. The van der Waals surface area contributed by atoms with Gasteiger partial charge >= 0.3 is 0 Å². The molecular weight excluding hydrogens is 496 g/mol. The van der Waals surface area contributed by atoms with Crippen molar-refractivity contribution >= 4 is 27.5 Å². The number of amides is 1. The lowest BCUT2D eigenvalue weighted by atomic mass is 9.88. The van der Waals surface area contributed by atoms with Crippen LogP contribution >= 0.6 is 11.6 Å². The Morgan fingerprint density at radius 3 is 1.81 bits per heavy atom. The second kappa shape index (κ2) is 20.6. The van der Waals surface area contributed by atoms with Gasteiger partial charge < -0.3 is 10.1 Å². The second-order valence-electron chi connectivity index (χ2n) is 10.7. The molecule has 8 heteroatoms. The zero-order chi connectivity index (χ0) is 26.5. The van der Waals surface area contributed by atoms with Crippen molar-refractivity contribution in [1.29, 1.82) is 0 Å². The summed E-state index contributed by atoms with van der Waals surface area (Å²) in [4.78, 5) is 13.0. The van der Waals surface area contributed by atoms with Gasteiger partial charge in [-0.2, -0.15) is 0 Å². The van der Waals surface area contributed by atoms with E-state index in [-0.39, 0.29) is 24.1 Å². The van der Waals surface area contributed by atoms with Crippen LogP contribution < -0.4 is 10.0 Å². The number of unbranched alkanes of at least 4 members (excludes halogenated alkanes) is 15. The molecule has 2 unspecified atom stereocenters. The molecule has 0 saturated carbocycles. The largest absolute Gasteiger partial charge is 0.363 e. The van der Waals surface area contributed by atoms with Gasteiger partial charge in [0.1, 0.15) is 0 Å². The number of ether oxygens (including phenoxy) is 1. The highest BCUT2D eigenvalue weighted by Gasteiger charge is 2.48. The molecule has 1 saturated heterocycles. The van der Waals surface area contributed by atoms with Gasteiger partial charge in [-0.05, 0) is 25.2 Å². The molecule has 1 rings (SSSR count). The Labute approximate surface area is 227 Å². The minimum atomic E-state index is -3.47. The van der Waals surface area contributed by atoms with Crippen molar-refractivity contribution in [2.75, 3.05) is 31.3 Å². The highest BCUT2D eigenvalue weighted by molar-refractivity contribution is 7.89. The summed E-state index contributed by atoms with van der Waals surface area (Å²) in [6.45, 7) is 5.27. The molecule has 2 N–H and O–H groups in total. The van der Waals surface area contributed by atoms with E-state index in [1.807, 2.05) is 6.92 Å². The molecule has 1 aliphatic rings. The van der Waals surface area contributed by atoms with E-state index in [0.717, 1.165) is 19.3 Å². The molecule has 6 nitrogen and oxygen atoms in total. The smallest absolute Gasteiger partial charge is 0.253 e. The van der Waals surface area contributed by atoms with Gasteiger partial charge in [0.25, 0.3) is 5.91 Å². The van der Waals surface area contributed by atoms with Crippen LogP contribution in [0.15, 0.2) is 0 Å². The zero-order valence-corrected chi connectivity index (χ0v) is 24.8. The van der Waals surface area contributed by atoms with Crippen LogP contribution in [-0.2, 0) is 19.6 Å². The predicted octanol–water partition coefficient (Wildman–Crippen LogP) is 6.71. The summed E-state index contributed by atoms with van der Waals surface area (Å²) in [5.74, 6) is 0.00749. The molecule has 0 aromatic rings. The van der Waals surface area contributed by atoms with E-state index in [1.54, 1.807) is 0 Å². The van der Waals surface area contributed by atoms with E-state index >= 15 is 0 Å². The van der Waals surface area contributed by atoms with Gasteiger partial charge in [-0.1, -0.05) is 110 Å². The van der Waals surface area contributed by atoms with Gasteiger partial charge in [0.05, 0.1) is 5.75 Å². The molecule has 0 radical (unpaired) electrons. The number of carbonyl (C=O) groups is 1. The van der Waals surface area contributed by atoms with Crippen molar-refractivity contribution < 1.29 is 17.9 Å². The number of sulfonamides is 1. The predicted molar refractivity (Wildman–Crippen MR) is 152 cm³/mol. The number of carbonyl (C=O) groups excluding carboxylic acids is 1. The topological polar surface area (TPSA) is 84.5 Å². The Balaban J connectivity index is 2.08. The van der Waals surface area contributed by atoms with Crippen LogP contribution in [0.3, 0.4) is 0 Å². The molecule has 0 aromatic carbocycles. The Kier molecular flexibility index (Phi) is 19.2. The number of halogens is 1. The van der Waals surface area contributed by atoms with Crippen molar-refractivity contribution in [3.63, 3.8) is 0 Å². The Morgan fingerprint density at radius 1 is 0.861 bits per heavy atom. The average molecular weight is 551 g/mol. The third kappa shape index (κ3) is 14.5. The summed E-state index contributed by atoms with van der Waals surface area (Å²) in [6, 6.07) is 0. The van der Waals surface area contributed by atoms with Gasteiger partial charge in [0.15, 0.2) is 5.60 Å². The van der Waals surface area contributed by atoms with Crippen LogP contribution in [0.25, 0.3) is 0 Å². The molecule has 0 aliphatic carbocycles. The quantitative estimate of drug-likeness (QED) is 0.103. The van der Waals surface area contributed by atoms with Gasteiger partial charge in [0, 0.05) is 25.6 Å². The first kappa shape index (κ1) is 33.7. The fourth-order valence-electron chi connectivity index (χ4n) is 4.95. The lowest BCUT2D eigenvalue weighted by molar-refractivity contribution is -0.143. The number of nitrogens with one attached hydrogen (secondary N) is 2. The number of rotatable bonds is 24. The van der Waals surface area contributed by atoms with Crippen LogP contribution in [-0.4, -0.2) is 51.3 Å². The van der Waals surface area contributed by atoms with Crippen molar-refractivity contribution in [1.82, 2.24) is 10.0 Å². The molecular formula is C28H55ClN2O4S. The van der Waals surface area contributed by atoms with Crippen LogP contribution in [0.1, 0.15) is 129 Å². The molecule has 0 bridgehead atoms. The highest BCUT2D eigenvalue weighted by Crippen LogP contribution is 2.32. The Bertz CT molecular complexity index is 662. The third-order valence-electron chi connectivity index (χ3n) is 7.51. The Hall–Kier alpha value is -0.370. The second-order valence-corrected chi connectivity index (χ2v) is 13.0. The van der Waals surface area contributed by atoms with Crippen molar-refractivity contribution in [3.05, 3.63) is 0 Å². The van der Waals surface area contributed by atoms with Crippen LogP contribution in [0.4, 0.5) is 0 Å². The summed E-state index contributed by atoms with van der Waals surface area (Å²) >= 11 is 5.62. The SMILES string of the molecule is CCCCCCCCCCCCCCCCCCNC(=O)C1(CNS(=O)(=O)CCCCl)OCCC1C. The molecule has 2 atom stereocenters. The Morgan fingerprint density at radius 2 is 1.36 bits per heavy atom. The maximum absolute atomic E-state index is 13.0. The molecule has 1 amide bonds. The maximum atomic E-state index is 13.0. The minimum absolute atomic E-state index is 0.0242. The van der Waals surface area contributed by atoms with E-state index in [0.29, 0.717) is 25.5 Å². The summed E-state index contributed by atoms with van der Waals surface area (Å²) in [6.07, 6.45) is 22.2. The molecule has 0 aromatic heterocycles. The number of hydrogen-bond donors (Lipinski definition) is 2. The summed E-state index contributed by atoms with van der Waals surface area (Å²) < 4.78 is 32.8. The molecule has 0 spiro atoms.